The first-order chi connectivity index (χ1) is 9.89. The van der Waals surface area contributed by atoms with Crippen molar-refractivity contribution < 1.29 is 4.74 Å². The van der Waals surface area contributed by atoms with Crippen LogP contribution in [0.3, 0.4) is 0 Å². The second-order valence-electron chi connectivity index (χ2n) is 6.53. The molecule has 0 aromatic carbocycles. The lowest BCUT2D eigenvalue weighted by molar-refractivity contribution is 0.203. The Hall–Kier alpha value is -1.13. The van der Waals surface area contributed by atoms with Gasteiger partial charge < -0.3 is 15.0 Å². The number of hydrogen-bond donors (Lipinski definition) is 1. The zero-order valence-electron chi connectivity index (χ0n) is 14.4. The minimum Gasteiger partial charge on any atom is -0.383 e. The van der Waals surface area contributed by atoms with E-state index in [0.717, 1.165) is 25.3 Å². The molecule has 0 aliphatic heterocycles. The van der Waals surface area contributed by atoms with Crippen molar-refractivity contribution in [2.45, 2.75) is 59.2 Å². The van der Waals surface area contributed by atoms with Crippen LogP contribution >= 0.6 is 0 Å². The Balaban J connectivity index is 2.96. The minimum atomic E-state index is 0.0981. The molecule has 1 N–H and O–H groups in total. The van der Waals surface area contributed by atoms with Crippen LogP contribution in [-0.4, -0.2) is 36.8 Å². The second-order valence-corrected chi connectivity index (χ2v) is 6.53. The van der Waals surface area contributed by atoms with E-state index in [9.17, 15) is 0 Å². The fourth-order valence-electron chi connectivity index (χ4n) is 2.13. The molecule has 4 heteroatoms. The van der Waals surface area contributed by atoms with Gasteiger partial charge in [-0.15, -0.1) is 0 Å². The molecule has 21 heavy (non-hydrogen) atoms. The first-order valence-electron chi connectivity index (χ1n) is 7.83. The summed E-state index contributed by atoms with van der Waals surface area (Å²) in [7, 11) is 1.75. The molecule has 0 amide bonds. The van der Waals surface area contributed by atoms with Crippen LogP contribution in [0.15, 0.2) is 18.3 Å². The highest BCUT2D eigenvalue weighted by Gasteiger charge is 2.18. The van der Waals surface area contributed by atoms with Crippen LogP contribution in [0.4, 0.5) is 5.82 Å². The summed E-state index contributed by atoms with van der Waals surface area (Å²) in [6, 6.07) is 4.61. The van der Waals surface area contributed by atoms with Gasteiger partial charge in [-0.05, 0) is 40.2 Å². The van der Waals surface area contributed by atoms with Crippen molar-refractivity contribution in [2.75, 3.05) is 25.2 Å². The Morgan fingerprint density at radius 3 is 2.67 bits per heavy atom. The van der Waals surface area contributed by atoms with E-state index in [1.54, 1.807) is 7.11 Å². The summed E-state index contributed by atoms with van der Waals surface area (Å²) in [5.41, 5.74) is 1.34. The number of ether oxygens (including phenoxy) is 1. The number of anilines is 1. The average Bonchev–Trinajstić information content (AvgIpc) is 2.45. The van der Waals surface area contributed by atoms with Crippen LogP contribution in [-0.2, 0) is 11.3 Å². The maximum atomic E-state index is 5.26. The Labute approximate surface area is 129 Å². The first kappa shape index (κ1) is 17.9. The molecule has 1 heterocycles. The number of rotatable bonds is 8. The first-order valence-corrected chi connectivity index (χ1v) is 7.83. The molecular formula is C17H31N3O. The summed E-state index contributed by atoms with van der Waals surface area (Å²) < 4.78 is 5.26. The summed E-state index contributed by atoms with van der Waals surface area (Å²) in [6.45, 7) is 13.4. The van der Waals surface area contributed by atoms with Crippen molar-refractivity contribution >= 4 is 5.82 Å². The van der Waals surface area contributed by atoms with E-state index < -0.39 is 0 Å². The molecule has 0 saturated carbocycles. The summed E-state index contributed by atoms with van der Waals surface area (Å²) in [5.74, 6) is 1.07. The van der Waals surface area contributed by atoms with Gasteiger partial charge in [0, 0.05) is 43.5 Å². The third kappa shape index (κ3) is 6.02. The van der Waals surface area contributed by atoms with Crippen LogP contribution in [0.5, 0.6) is 0 Å². The Kier molecular flexibility index (Phi) is 7.12. The van der Waals surface area contributed by atoms with Crippen molar-refractivity contribution in [2.24, 2.45) is 0 Å². The predicted molar refractivity (Wildman–Crippen MR) is 89.8 cm³/mol. The van der Waals surface area contributed by atoms with E-state index in [4.69, 9.17) is 4.74 Å². The van der Waals surface area contributed by atoms with E-state index in [2.05, 4.69) is 55.9 Å². The fourth-order valence-corrected chi connectivity index (χ4v) is 2.13. The molecule has 0 aliphatic rings. The fraction of sp³-hybridized carbons (Fsp3) is 0.706. The SMILES string of the molecule is CCC(C)N(CCOC)c1ncccc1CNC(C)(C)C. The normalized spacial score (nSPS) is 13.2. The lowest BCUT2D eigenvalue weighted by Crippen LogP contribution is -2.39. The van der Waals surface area contributed by atoms with Gasteiger partial charge in [0.15, 0.2) is 0 Å². The van der Waals surface area contributed by atoms with Crippen LogP contribution in [0.2, 0.25) is 0 Å². The molecule has 0 bridgehead atoms. The van der Waals surface area contributed by atoms with Crippen LogP contribution < -0.4 is 10.2 Å². The third-order valence-electron chi connectivity index (χ3n) is 3.61. The van der Waals surface area contributed by atoms with Crippen molar-refractivity contribution in [3.05, 3.63) is 23.9 Å². The van der Waals surface area contributed by atoms with Crippen LogP contribution in [0.25, 0.3) is 0 Å². The monoisotopic (exact) mass is 293 g/mol. The van der Waals surface area contributed by atoms with Crippen molar-refractivity contribution in [3.8, 4) is 0 Å². The van der Waals surface area contributed by atoms with Gasteiger partial charge in [0.05, 0.1) is 6.61 Å². The topological polar surface area (TPSA) is 37.4 Å². The molecule has 120 valence electrons. The van der Waals surface area contributed by atoms with Gasteiger partial charge in [0.25, 0.3) is 0 Å². The highest BCUT2D eigenvalue weighted by atomic mass is 16.5. The lowest BCUT2D eigenvalue weighted by atomic mass is 10.1. The number of nitrogens with one attached hydrogen (secondary N) is 1. The highest BCUT2D eigenvalue weighted by Crippen LogP contribution is 2.21. The second kappa shape index (κ2) is 8.35. The Morgan fingerprint density at radius 1 is 1.38 bits per heavy atom. The van der Waals surface area contributed by atoms with Crippen molar-refractivity contribution in [1.29, 1.82) is 0 Å². The molecule has 0 aliphatic carbocycles. The summed E-state index contributed by atoms with van der Waals surface area (Å²) >= 11 is 0. The summed E-state index contributed by atoms with van der Waals surface area (Å²) in [4.78, 5) is 6.98. The minimum absolute atomic E-state index is 0.0981. The smallest absolute Gasteiger partial charge is 0.133 e. The van der Waals surface area contributed by atoms with Crippen LogP contribution in [0.1, 0.15) is 46.6 Å². The molecule has 0 spiro atoms. The highest BCUT2D eigenvalue weighted by molar-refractivity contribution is 5.47. The number of hydrogen-bond acceptors (Lipinski definition) is 4. The molecule has 1 atom stereocenters. The molecule has 0 fully saturated rings. The number of pyridine rings is 1. The maximum absolute atomic E-state index is 5.26. The molecular weight excluding hydrogens is 262 g/mol. The van der Waals surface area contributed by atoms with E-state index >= 15 is 0 Å². The van der Waals surface area contributed by atoms with Gasteiger partial charge in [0.2, 0.25) is 0 Å². The maximum Gasteiger partial charge on any atom is 0.133 e. The van der Waals surface area contributed by atoms with Gasteiger partial charge in [-0.2, -0.15) is 0 Å². The Morgan fingerprint density at radius 2 is 2.10 bits per heavy atom. The zero-order chi connectivity index (χ0) is 15.9. The van der Waals surface area contributed by atoms with Crippen LogP contribution in [0, 0.1) is 0 Å². The summed E-state index contributed by atoms with van der Waals surface area (Å²) in [6.07, 6.45) is 2.96. The van der Waals surface area contributed by atoms with Gasteiger partial charge in [-0.25, -0.2) is 4.98 Å². The van der Waals surface area contributed by atoms with Gasteiger partial charge in [-0.1, -0.05) is 13.0 Å². The largest absolute Gasteiger partial charge is 0.383 e. The number of aromatic nitrogens is 1. The Bertz CT molecular complexity index is 415. The zero-order valence-corrected chi connectivity index (χ0v) is 14.4. The van der Waals surface area contributed by atoms with E-state index in [-0.39, 0.29) is 5.54 Å². The quantitative estimate of drug-likeness (QED) is 0.798. The molecule has 4 nitrogen and oxygen atoms in total. The standard InChI is InChI=1S/C17H31N3O/c1-7-14(2)20(11-12-21-6)16-15(9-8-10-18-16)13-19-17(3,4)5/h8-10,14,19H,7,11-13H2,1-6H3. The van der Waals surface area contributed by atoms with E-state index in [1.165, 1.54) is 5.56 Å². The molecule has 0 radical (unpaired) electrons. The average molecular weight is 293 g/mol. The van der Waals surface area contributed by atoms with Gasteiger partial charge in [0.1, 0.15) is 5.82 Å². The molecule has 1 aromatic heterocycles. The number of nitrogens with zero attached hydrogens (tertiary/aromatic N) is 2. The molecule has 1 rings (SSSR count). The molecule has 1 aromatic rings. The number of methoxy groups -OCH3 is 1. The summed E-state index contributed by atoms with van der Waals surface area (Å²) in [5, 5.41) is 3.55. The lowest BCUT2D eigenvalue weighted by Gasteiger charge is -2.32. The molecule has 0 saturated heterocycles. The molecule has 1 unspecified atom stereocenters. The third-order valence-corrected chi connectivity index (χ3v) is 3.61. The van der Waals surface area contributed by atoms with E-state index in [0.29, 0.717) is 12.6 Å². The predicted octanol–water partition coefficient (Wildman–Crippen LogP) is 3.22. The van der Waals surface area contributed by atoms with Gasteiger partial charge in [-0.3, -0.25) is 0 Å². The van der Waals surface area contributed by atoms with Gasteiger partial charge >= 0.3 is 0 Å². The van der Waals surface area contributed by atoms with Crippen molar-refractivity contribution in [3.63, 3.8) is 0 Å². The van der Waals surface area contributed by atoms with Crippen molar-refractivity contribution in [1.82, 2.24) is 10.3 Å². The van der Waals surface area contributed by atoms with E-state index in [1.807, 2.05) is 12.3 Å².